The molecule has 1 saturated heterocycles. The van der Waals surface area contributed by atoms with Crippen LogP contribution in [0.3, 0.4) is 0 Å². The number of ether oxygens (including phenoxy) is 1. The van der Waals surface area contributed by atoms with E-state index in [9.17, 15) is 14.4 Å². The highest BCUT2D eigenvalue weighted by atomic mass is 16.5. The number of ketones is 1. The first-order valence-corrected chi connectivity index (χ1v) is 8.55. The summed E-state index contributed by atoms with van der Waals surface area (Å²) >= 11 is 0. The number of amides is 1. The minimum atomic E-state index is -0.503. The number of esters is 1. The summed E-state index contributed by atoms with van der Waals surface area (Å²) in [6.45, 7) is 5.80. The summed E-state index contributed by atoms with van der Waals surface area (Å²) < 4.78 is 5.38. The van der Waals surface area contributed by atoms with Crippen LogP contribution in [-0.4, -0.2) is 24.2 Å². The Labute approximate surface area is 152 Å². The van der Waals surface area contributed by atoms with E-state index >= 15 is 0 Å². The summed E-state index contributed by atoms with van der Waals surface area (Å²) in [7, 11) is 0. The smallest absolute Gasteiger partial charge is 0.316 e. The van der Waals surface area contributed by atoms with Crippen molar-refractivity contribution in [1.29, 1.82) is 0 Å². The number of anilines is 1. The molecular formula is C21H21NO4. The number of hydrogen-bond donors (Lipinski definition) is 0. The maximum absolute atomic E-state index is 12.4. The molecule has 26 heavy (non-hydrogen) atoms. The van der Waals surface area contributed by atoms with Crippen molar-refractivity contribution in [3.63, 3.8) is 0 Å². The molecule has 1 heterocycles. The molecule has 3 rings (SSSR count). The van der Waals surface area contributed by atoms with Crippen LogP contribution in [0.25, 0.3) is 0 Å². The van der Waals surface area contributed by atoms with Gasteiger partial charge in [0.05, 0.1) is 5.92 Å². The van der Waals surface area contributed by atoms with Gasteiger partial charge in [-0.3, -0.25) is 14.4 Å². The van der Waals surface area contributed by atoms with Crippen LogP contribution in [0.15, 0.2) is 42.5 Å². The van der Waals surface area contributed by atoms with Crippen LogP contribution in [0.1, 0.15) is 34.8 Å². The van der Waals surface area contributed by atoms with Gasteiger partial charge in [-0.25, -0.2) is 0 Å². The molecule has 5 heteroatoms. The lowest BCUT2D eigenvalue weighted by Crippen LogP contribution is -2.27. The van der Waals surface area contributed by atoms with E-state index in [4.69, 9.17) is 4.74 Å². The minimum Gasteiger partial charge on any atom is -0.426 e. The number of carbonyl (C=O) groups excluding carboxylic acids is 3. The van der Waals surface area contributed by atoms with E-state index in [1.54, 1.807) is 29.2 Å². The van der Waals surface area contributed by atoms with Gasteiger partial charge in [-0.05, 0) is 68.3 Å². The highest BCUT2D eigenvalue weighted by molar-refractivity contribution is 6.00. The van der Waals surface area contributed by atoms with Crippen LogP contribution in [0, 0.1) is 19.8 Å². The van der Waals surface area contributed by atoms with E-state index in [2.05, 4.69) is 0 Å². The van der Waals surface area contributed by atoms with Crippen LogP contribution < -0.4 is 9.64 Å². The number of rotatable bonds is 4. The Morgan fingerprint density at radius 3 is 2.35 bits per heavy atom. The van der Waals surface area contributed by atoms with Gasteiger partial charge in [0.15, 0.2) is 5.78 Å². The van der Waals surface area contributed by atoms with Gasteiger partial charge in [0.2, 0.25) is 5.91 Å². The normalized spacial score (nSPS) is 16.7. The Morgan fingerprint density at radius 2 is 1.73 bits per heavy atom. The number of hydrogen-bond acceptors (Lipinski definition) is 4. The standard InChI is InChI=1S/C21H21NO4/c1-13-4-7-18(10-14(13)2)22-12-17(11-20(22)24)21(25)26-19-8-5-16(6-9-19)15(3)23/h4-10,17H,11-12H2,1-3H3/t17-/m1/s1. The van der Waals surface area contributed by atoms with Gasteiger partial charge in [0, 0.05) is 24.2 Å². The van der Waals surface area contributed by atoms with Gasteiger partial charge in [-0.1, -0.05) is 6.07 Å². The number of nitrogens with zero attached hydrogens (tertiary/aromatic N) is 1. The first-order chi connectivity index (χ1) is 12.3. The van der Waals surface area contributed by atoms with E-state index in [0.717, 1.165) is 16.8 Å². The highest BCUT2D eigenvalue weighted by Gasteiger charge is 2.36. The van der Waals surface area contributed by atoms with Crippen molar-refractivity contribution >= 4 is 23.3 Å². The molecule has 0 unspecified atom stereocenters. The lowest BCUT2D eigenvalue weighted by molar-refractivity contribution is -0.139. The van der Waals surface area contributed by atoms with Crippen LogP contribution in [0.2, 0.25) is 0 Å². The molecule has 2 aromatic rings. The summed E-state index contributed by atoms with van der Waals surface area (Å²) in [5.41, 5.74) is 3.62. The average Bonchev–Trinajstić information content (AvgIpc) is 3.00. The molecule has 1 amide bonds. The summed E-state index contributed by atoms with van der Waals surface area (Å²) in [4.78, 5) is 37.7. The predicted octanol–water partition coefficient (Wildman–Crippen LogP) is 3.46. The number of aryl methyl sites for hydroxylation is 2. The summed E-state index contributed by atoms with van der Waals surface area (Å²) in [6, 6.07) is 12.2. The van der Waals surface area contributed by atoms with E-state index in [-0.39, 0.29) is 18.1 Å². The molecule has 0 N–H and O–H groups in total. The topological polar surface area (TPSA) is 63.7 Å². The van der Waals surface area contributed by atoms with Crippen molar-refractivity contribution < 1.29 is 19.1 Å². The molecule has 134 valence electrons. The molecular weight excluding hydrogens is 330 g/mol. The van der Waals surface area contributed by atoms with Gasteiger partial charge in [0.1, 0.15) is 5.75 Å². The third kappa shape index (κ3) is 3.67. The zero-order chi connectivity index (χ0) is 18.8. The van der Waals surface area contributed by atoms with Crippen molar-refractivity contribution in [3.05, 3.63) is 59.2 Å². The third-order valence-corrected chi connectivity index (χ3v) is 4.74. The molecule has 1 aliphatic rings. The first kappa shape index (κ1) is 17.9. The zero-order valence-corrected chi connectivity index (χ0v) is 15.1. The number of Topliss-reactive ketones (excluding diaryl/α,β-unsaturated/α-hetero) is 1. The van der Waals surface area contributed by atoms with Gasteiger partial charge < -0.3 is 9.64 Å². The minimum absolute atomic E-state index is 0.0479. The predicted molar refractivity (Wildman–Crippen MR) is 98.5 cm³/mol. The maximum atomic E-state index is 12.4. The van der Waals surface area contributed by atoms with Crippen molar-refractivity contribution in [3.8, 4) is 5.75 Å². The van der Waals surface area contributed by atoms with Crippen molar-refractivity contribution in [2.45, 2.75) is 27.2 Å². The Hall–Kier alpha value is -2.95. The largest absolute Gasteiger partial charge is 0.426 e. The lowest BCUT2D eigenvalue weighted by Gasteiger charge is -2.17. The molecule has 1 fully saturated rings. The van der Waals surface area contributed by atoms with Crippen molar-refractivity contribution in [1.82, 2.24) is 0 Å². The van der Waals surface area contributed by atoms with Gasteiger partial charge >= 0.3 is 5.97 Å². The maximum Gasteiger partial charge on any atom is 0.316 e. The molecule has 0 radical (unpaired) electrons. The van der Waals surface area contributed by atoms with E-state index in [1.807, 2.05) is 32.0 Å². The van der Waals surface area contributed by atoms with Crippen LogP contribution >= 0.6 is 0 Å². The molecule has 0 bridgehead atoms. The zero-order valence-electron chi connectivity index (χ0n) is 15.1. The molecule has 5 nitrogen and oxygen atoms in total. The van der Waals surface area contributed by atoms with E-state index in [1.165, 1.54) is 6.92 Å². The number of benzene rings is 2. The van der Waals surface area contributed by atoms with Crippen LogP contribution in [-0.2, 0) is 9.59 Å². The second-order valence-electron chi connectivity index (χ2n) is 6.68. The fraction of sp³-hybridized carbons (Fsp3) is 0.286. The average molecular weight is 351 g/mol. The summed E-state index contributed by atoms with van der Waals surface area (Å²) in [5.74, 6) is -0.690. The first-order valence-electron chi connectivity index (χ1n) is 8.55. The van der Waals surface area contributed by atoms with Gasteiger partial charge in [-0.2, -0.15) is 0 Å². The van der Waals surface area contributed by atoms with Crippen molar-refractivity contribution in [2.75, 3.05) is 11.4 Å². The molecule has 1 aliphatic heterocycles. The molecule has 0 aliphatic carbocycles. The quantitative estimate of drug-likeness (QED) is 0.481. The fourth-order valence-electron chi connectivity index (χ4n) is 2.97. The van der Waals surface area contributed by atoms with Gasteiger partial charge in [0.25, 0.3) is 0 Å². The highest BCUT2D eigenvalue weighted by Crippen LogP contribution is 2.28. The molecule has 0 spiro atoms. The third-order valence-electron chi connectivity index (χ3n) is 4.74. The second-order valence-corrected chi connectivity index (χ2v) is 6.68. The molecule has 2 aromatic carbocycles. The Kier molecular flexibility index (Phi) is 4.89. The van der Waals surface area contributed by atoms with Crippen molar-refractivity contribution in [2.24, 2.45) is 5.92 Å². The Morgan fingerprint density at radius 1 is 1.04 bits per heavy atom. The van der Waals surface area contributed by atoms with Gasteiger partial charge in [-0.15, -0.1) is 0 Å². The van der Waals surface area contributed by atoms with Crippen LogP contribution in [0.5, 0.6) is 5.75 Å². The molecule has 0 aromatic heterocycles. The SMILES string of the molecule is CC(=O)c1ccc(OC(=O)[C@@H]2CC(=O)N(c3ccc(C)c(C)c3)C2)cc1. The fourth-order valence-corrected chi connectivity index (χ4v) is 2.97. The Balaban J connectivity index is 1.68. The second kappa shape index (κ2) is 7.12. The Bertz CT molecular complexity index is 870. The number of carbonyl (C=O) groups is 3. The monoisotopic (exact) mass is 351 g/mol. The summed E-state index contributed by atoms with van der Waals surface area (Å²) in [5, 5.41) is 0. The molecule has 1 atom stereocenters. The molecule has 0 saturated carbocycles. The van der Waals surface area contributed by atoms with E-state index < -0.39 is 11.9 Å². The lowest BCUT2D eigenvalue weighted by atomic mass is 10.1. The van der Waals surface area contributed by atoms with Crippen LogP contribution in [0.4, 0.5) is 5.69 Å². The summed E-state index contributed by atoms with van der Waals surface area (Å²) in [6.07, 6.45) is 0.136. The van der Waals surface area contributed by atoms with E-state index in [0.29, 0.717) is 17.9 Å².